The molecule has 1 fully saturated rings. The van der Waals surface area contributed by atoms with Crippen LogP contribution in [-0.4, -0.2) is 32.3 Å². The van der Waals surface area contributed by atoms with Gasteiger partial charge in [-0.05, 0) is 44.4 Å². The lowest BCUT2D eigenvalue weighted by molar-refractivity contribution is 0.366. The summed E-state index contributed by atoms with van der Waals surface area (Å²) in [4.78, 5) is 0. The van der Waals surface area contributed by atoms with Crippen LogP contribution in [0.3, 0.4) is 0 Å². The van der Waals surface area contributed by atoms with Crippen molar-refractivity contribution in [1.29, 1.82) is 0 Å². The van der Waals surface area contributed by atoms with Crippen LogP contribution in [0.5, 0.6) is 5.75 Å². The molecule has 1 aromatic rings. The quantitative estimate of drug-likeness (QED) is 0.825. The van der Waals surface area contributed by atoms with Crippen LogP contribution in [0, 0.1) is 0 Å². The van der Waals surface area contributed by atoms with Crippen LogP contribution in [0.2, 0.25) is 0 Å². The number of ether oxygens (including phenoxy) is 1. The first kappa shape index (κ1) is 14.4. The number of benzene rings is 1. The van der Waals surface area contributed by atoms with Gasteiger partial charge in [-0.15, -0.1) is 0 Å². The molecule has 2 rings (SSSR count). The first-order valence-electron chi connectivity index (χ1n) is 7.38. The Morgan fingerprint density at radius 1 is 1.37 bits per heavy atom. The van der Waals surface area contributed by atoms with Gasteiger partial charge < -0.3 is 15.4 Å². The fraction of sp³-hybridized carbons (Fsp3) is 0.625. The smallest absolute Gasteiger partial charge is 0.122 e. The highest BCUT2D eigenvalue weighted by Crippen LogP contribution is 2.18. The van der Waals surface area contributed by atoms with E-state index in [0.29, 0.717) is 12.1 Å². The fourth-order valence-electron chi connectivity index (χ4n) is 2.72. The molecule has 0 amide bonds. The van der Waals surface area contributed by atoms with E-state index in [9.17, 15) is 0 Å². The Hall–Kier alpha value is -1.06. The van der Waals surface area contributed by atoms with Crippen molar-refractivity contribution in [3.8, 4) is 5.75 Å². The molecule has 0 bridgehead atoms. The van der Waals surface area contributed by atoms with Crippen LogP contribution >= 0.6 is 0 Å². The molecule has 19 heavy (non-hydrogen) atoms. The third kappa shape index (κ3) is 4.51. The summed E-state index contributed by atoms with van der Waals surface area (Å²) in [6, 6.07) is 9.40. The number of rotatable bonds is 6. The van der Waals surface area contributed by atoms with E-state index in [2.05, 4.69) is 29.7 Å². The van der Waals surface area contributed by atoms with Gasteiger partial charge in [-0.2, -0.15) is 0 Å². The van der Waals surface area contributed by atoms with E-state index in [4.69, 9.17) is 4.74 Å². The maximum atomic E-state index is 5.40. The maximum absolute atomic E-state index is 5.40. The summed E-state index contributed by atoms with van der Waals surface area (Å²) in [5.74, 6) is 0.993. The minimum Gasteiger partial charge on any atom is -0.496 e. The Kier molecular flexibility index (Phi) is 5.67. The molecular weight excluding hydrogens is 236 g/mol. The first-order valence-corrected chi connectivity index (χ1v) is 7.38. The molecule has 0 aromatic heterocycles. The molecule has 2 atom stereocenters. The van der Waals surface area contributed by atoms with Crippen LogP contribution in [0.25, 0.3) is 0 Å². The van der Waals surface area contributed by atoms with E-state index >= 15 is 0 Å². The highest BCUT2D eigenvalue weighted by atomic mass is 16.5. The molecule has 1 aromatic carbocycles. The number of para-hydroxylation sites is 1. The summed E-state index contributed by atoms with van der Waals surface area (Å²) < 4.78 is 5.40. The molecule has 1 saturated heterocycles. The summed E-state index contributed by atoms with van der Waals surface area (Å²) in [6.07, 6.45) is 5.00. The minimum atomic E-state index is 0.472. The highest BCUT2D eigenvalue weighted by Gasteiger charge is 2.14. The Morgan fingerprint density at radius 2 is 2.21 bits per heavy atom. The van der Waals surface area contributed by atoms with Gasteiger partial charge in [-0.25, -0.2) is 0 Å². The predicted molar refractivity (Wildman–Crippen MR) is 79.8 cm³/mol. The fourth-order valence-corrected chi connectivity index (χ4v) is 2.72. The van der Waals surface area contributed by atoms with Crippen LogP contribution in [0.4, 0.5) is 0 Å². The second-order valence-corrected chi connectivity index (χ2v) is 5.47. The summed E-state index contributed by atoms with van der Waals surface area (Å²) in [5, 5.41) is 7.21. The molecule has 106 valence electrons. The van der Waals surface area contributed by atoms with Crippen molar-refractivity contribution in [2.45, 2.75) is 44.7 Å². The van der Waals surface area contributed by atoms with Crippen LogP contribution in [0.1, 0.15) is 31.7 Å². The van der Waals surface area contributed by atoms with Gasteiger partial charge in [0.1, 0.15) is 5.75 Å². The second-order valence-electron chi connectivity index (χ2n) is 5.47. The van der Waals surface area contributed by atoms with Crippen molar-refractivity contribution >= 4 is 0 Å². The zero-order chi connectivity index (χ0) is 13.5. The molecule has 2 N–H and O–H groups in total. The molecule has 2 unspecified atom stereocenters. The molecule has 3 nitrogen and oxygen atoms in total. The van der Waals surface area contributed by atoms with Crippen LogP contribution < -0.4 is 15.4 Å². The summed E-state index contributed by atoms with van der Waals surface area (Å²) in [5.41, 5.74) is 1.28. The zero-order valence-electron chi connectivity index (χ0n) is 12.1. The van der Waals surface area contributed by atoms with E-state index in [1.807, 2.05) is 12.1 Å². The molecule has 1 aliphatic heterocycles. The second kappa shape index (κ2) is 7.51. The van der Waals surface area contributed by atoms with Crippen molar-refractivity contribution < 1.29 is 4.74 Å². The zero-order valence-corrected chi connectivity index (χ0v) is 12.1. The lowest BCUT2D eigenvalue weighted by Gasteiger charge is -2.25. The van der Waals surface area contributed by atoms with Crippen molar-refractivity contribution in [2.75, 3.05) is 20.2 Å². The van der Waals surface area contributed by atoms with Crippen LogP contribution in [0.15, 0.2) is 24.3 Å². The molecule has 1 heterocycles. The van der Waals surface area contributed by atoms with E-state index in [1.54, 1.807) is 7.11 Å². The highest BCUT2D eigenvalue weighted by molar-refractivity contribution is 5.33. The van der Waals surface area contributed by atoms with Gasteiger partial charge in [0.2, 0.25) is 0 Å². The SMILES string of the molecule is COc1ccccc1CC(C)NCC1CCCCN1. The average Bonchev–Trinajstić information content (AvgIpc) is 2.47. The Bertz CT molecular complexity index is 375. The third-order valence-corrected chi connectivity index (χ3v) is 3.84. The van der Waals surface area contributed by atoms with Gasteiger partial charge in [0.25, 0.3) is 0 Å². The van der Waals surface area contributed by atoms with Gasteiger partial charge in [0.05, 0.1) is 7.11 Å². The Balaban J connectivity index is 1.78. The number of hydrogen-bond donors (Lipinski definition) is 2. The number of piperidine rings is 1. The number of hydrogen-bond acceptors (Lipinski definition) is 3. The summed E-state index contributed by atoms with van der Waals surface area (Å²) >= 11 is 0. The molecule has 1 aliphatic rings. The molecule has 3 heteroatoms. The van der Waals surface area contributed by atoms with Crippen molar-refractivity contribution in [3.63, 3.8) is 0 Å². The topological polar surface area (TPSA) is 33.3 Å². The largest absolute Gasteiger partial charge is 0.496 e. The summed E-state index contributed by atoms with van der Waals surface area (Å²) in [7, 11) is 1.74. The van der Waals surface area contributed by atoms with Crippen molar-refractivity contribution in [1.82, 2.24) is 10.6 Å². The van der Waals surface area contributed by atoms with Gasteiger partial charge in [-0.1, -0.05) is 24.6 Å². The molecule has 0 saturated carbocycles. The molecule has 0 aliphatic carbocycles. The van der Waals surface area contributed by atoms with Crippen molar-refractivity contribution in [2.24, 2.45) is 0 Å². The average molecular weight is 262 g/mol. The molecular formula is C16H26N2O. The van der Waals surface area contributed by atoms with Gasteiger partial charge in [0, 0.05) is 18.6 Å². The Morgan fingerprint density at radius 3 is 2.95 bits per heavy atom. The predicted octanol–water partition coefficient (Wildman–Crippen LogP) is 2.36. The van der Waals surface area contributed by atoms with Crippen molar-refractivity contribution in [3.05, 3.63) is 29.8 Å². The van der Waals surface area contributed by atoms with Gasteiger partial charge >= 0.3 is 0 Å². The van der Waals surface area contributed by atoms with E-state index in [-0.39, 0.29) is 0 Å². The van der Waals surface area contributed by atoms with E-state index < -0.39 is 0 Å². The monoisotopic (exact) mass is 262 g/mol. The first-order chi connectivity index (χ1) is 9.29. The number of methoxy groups -OCH3 is 1. The summed E-state index contributed by atoms with van der Waals surface area (Å²) in [6.45, 7) is 4.48. The Labute approximate surface area is 116 Å². The lowest BCUT2D eigenvalue weighted by Crippen LogP contribution is -2.44. The standard InChI is InChI=1S/C16H26N2O/c1-13(18-12-15-8-5-6-10-17-15)11-14-7-3-4-9-16(14)19-2/h3-4,7,9,13,15,17-18H,5-6,8,10-12H2,1-2H3. The minimum absolute atomic E-state index is 0.472. The van der Waals surface area contributed by atoms with Gasteiger partial charge in [0.15, 0.2) is 0 Å². The van der Waals surface area contributed by atoms with E-state index in [0.717, 1.165) is 18.7 Å². The normalized spacial score (nSPS) is 21.1. The maximum Gasteiger partial charge on any atom is 0.122 e. The number of nitrogens with one attached hydrogen (secondary N) is 2. The van der Waals surface area contributed by atoms with Gasteiger partial charge in [-0.3, -0.25) is 0 Å². The third-order valence-electron chi connectivity index (χ3n) is 3.84. The molecule has 0 spiro atoms. The van der Waals surface area contributed by atoms with E-state index in [1.165, 1.54) is 31.4 Å². The van der Waals surface area contributed by atoms with Crippen LogP contribution in [-0.2, 0) is 6.42 Å². The lowest BCUT2D eigenvalue weighted by atomic mass is 10.0. The molecule has 0 radical (unpaired) electrons.